The summed E-state index contributed by atoms with van der Waals surface area (Å²) in [5, 5.41) is 4.25. The molecule has 3 aromatic rings. The van der Waals surface area contributed by atoms with Crippen molar-refractivity contribution in [3.05, 3.63) is 83.4 Å². The molecule has 138 valence electrons. The van der Waals surface area contributed by atoms with Gasteiger partial charge in [-0.2, -0.15) is 0 Å². The number of rotatable bonds is 4. The molecule has 0 saturated carbocycles. The smallest absolute Gasteiger partial charge is 0.174 e. The van der Waals surface area contributed by atoms with Gasteiger partial charge in [0.2, 0.25) is 0 Å². The fraction of sp³-hybridized carbons (Fsp3) is 0.273. The molecule has 4 nitrogen and oxygen atoms in total. The number of hydrogen-bond donors (Lipinski definition) is 1. The first-order chi connectivity index (χ1) is 13.1. The van der Waals surface area contributed by atoms with E-state index in [9.17, 15) is 0 Å². The van der Waals surface area contributed by atoms with Gasteiger partial charge in [-0.05, 0) is 67.5 Å². The van der Waals surface area contributed by atoms with Gasteiger partial charge in [0.15, 0.2) is 5.11 Å². The molecule has 0 amide bonds. The van der Waals surface area contributed by atoms with Gasteiger partial charge in [0.1, 0.15) is 6.04 Å². The highest BCUT2D eigenvalue weighted by Crippen LogP contribution is 2.41. The minimum atomic E-state index is -0.00227. The molecular formula is C22H24N4S. The van der Waals surface area contributed by atoms with Crippen LogP contribution in [0.2, 0.25) is 0 Å². The lowest BCUT2D eigenvalue weighted by Crippen LogP contribution is -2.30. The number of benzene rings is 1. The van der Waals surface area contributed by atoms with Gasteiger partial charge >= 0.3 is 0 Å². The highest BCUT2D eigenvalue weighted by Gasteiger charge is 2.41. The first kappa shape index (κ1) is 17.7. The van der Waals surface area contributed by atoms with Gasteiger partial charge in [-0.3, -0.25) is 4.98 Å². The van der Waals surface area contributed by atoms with Crippen molar-refractivity contribution in [2.24, 2.45) is 7.05 Å². The molecule has 2 atom stereocenters. The molecule has 0 radical (unpaired) electrons. The third-order valence-electron chi connectivity index (χ3n) is 5.44. The number of aryl methyl sites for hydroxylation is 2. The van der Waals surface area contributed by atoms with Crippen molar-refractivity contribution in [3.63, 3.8) is 0 Å². The van der Waals surface area contributed by atoms with E-state index in [0.29, 0.717) is 0 Å². The first-order valence-electron chi connectivity index (χ1n) is 9.32. The lowest BCUT2D eigenvalue weighted by Gasteiger charge is -2.28. The van der Waals surface area contributed by atoms with Gasteiger partial charge in [0.05, 0.1) is 11.7 Å². The first-order valence-corrected chi connectivity index (χ1v) is 9.72. The molecule has 0 aliphatic carbocycles. The van der Waals surface area contributed by atoms with Crippen LogP contribution in [0.15, 0.2) is 60.8 Å². The number of anilines is 1. The Bertz CT molecular complexity index is 946. The van der Waals surface area contributed by atoms with Crippen LogP contribution in [0.1, 0.15) is 41.7 Å². The molecule has 5 heteroatoms. The van der Waals surface area contributed by atoms with E-state index in [1.54, 1.807) is 0 Å². The van der Waals surface area contributed by atoms with Crippen LogP contribution < -0.4 is 10.2 Å². The summed E-state index contributed by atoms with van der Waals surface area (Å²) >= 11 is 5.77. The van der Waals surface area contributed by atoms with Crippen molar-refractivity contribution in [1.82, 2.24) is 14.9 Å². The van der Waals surface area contributed by atoms with E-state index in [0.717, 1.165) is 22.9 Å². The minimum absolute atomic E-state index is 0.00227. The van der Waals surface area contributed by atoms with Gasteiger partial charge in [0.25, 0.3) is 0 Å². The molecule has 1 aromatic carbocycles. The average molecular weight is 377 g/mol. The third-order valence-corrected chi connectivity index (χ3v) is 5.75. The quantitative estimate of drug-likeness (QED) is 0.681. The van der Waals surface area contributed by atoms with E-state index < -0.39 is 0 Å². The predicted octanol–water partition coefficient (Wildman–Crippen LogP) is 4.47. The Labute approximate surface area is 165 Å². The van der Waals surface area contributed by atoms with E-state index in [2.05, 4.69) is 83.1 Å². The average Bonchev–Trinajstić information content (AvgIpc) is 3.22. The van der Waals surface area contributed by atoms with Crippen molar-refractivity contribution in [3.8, 4) is 0 Å². The largest absolute Gasteiger partial charge is 0.351 e. The molecule has 3 heterocycles. The number of nitrogens with zero attached hydrogens (tertiary/aromatic N) is 3. The van der Waals surface area contributed by atoms with Crippen LogP contribution in [0.5, 0.6) is 0 Å². The maximum Gasteiger partial charge on any atom is 0.174 e. The lowest BCUT2D eigenvalue weighted by molar-refractivity contribution is 0.539. The Hall–Kier alpha value is -2.66. The summed E-state index contributed by atoms with van der Waals surface area (Å²) in [7, 11) is 2.11. The monoisotopic (exact) mass is 376 g/mol. The van der Waals surface area contributed by atoms with E-state index in [1.807, 2.05) is 18.3 Å². The van der Waals surface area contributed by atoms with Gasteiger partial charge < -0.3 is 14.8 Å². The van der Waals surface area contributed by atoms with Gasteiger partial charge in [0, 0.05) is 30.3 Å². The second kappa shape index (κ2) is 7.16. The second-order valence-electron chi connectivity index (χ2n) is 6.98. The van der Waals surface area contributed by atoms with Gasteiger partial charge in [-0.1, -0.05) is 25.1 Å². The maximum absolute atomic E-state index is 5.77. The van der Waals surface area contributed by atoms with E-state index in [-0.39, 0.29) is 12.1 Å². The SMILES string of the molecule is CCc1ccc(N2C(=S)N[C@@H](c3ccccn3)[C@@H]2c2ccc(C)n2C)cc1. The Morgan fingerprint density at radius 1 is 1.07 bits per heavy atom. The lowest BCUT2D eigenvalue weighted by atomic mass is 10.0. The van der Waals surface area contributed by atoms with E-state index >= 15 is 0 Å². The summed E-state index contributed by atoms with van der Waals surface area (Å²) in [6, 6.07) is 19.1. The summed E-state index contributed by atoms with van der Waals surface area (Å²) in [4.78, 5) is 6.83. The highest BCUT2D eigenvalue weighted by molar-refractivity contribution is 7.80. The summed E-state index contributed by atoms with van der Waals surface area (Å²) in [6.07, 6.45) is 2.87. The molecule has 1 saturated heterocycles. The van der Waals surface area contributed by atoms with Crippen LogP contribution in [0, 0.1) is 6.92 Å². The molecule has 1 fully saturated rings. The fourth-order valence-electron chi connectivity index (χ4n) is 3.76. The Balaban J connectivity index is 1.83. The van der Waals surface area contributed by atoms with Gasteiger partial charge in [-0.15, -0.1) is 0 Å². The summed E-state index contributed by atoms with van der Waals surface area (Å²) in [5.74, 6) is 0. The normalized spacial score (nSPS) is 19.4. The highest BCUT2D eigenvalue weighted by atomic mass is 32.1. The minimum Gasteiger partial charge on any atom is -0.351 e. The van der Waals surface area contributed by atoms with Crippen molar-refractivity contribution in [2.75, 3.05) is 4.90 Å². The summed E-state index contributed by atoms with van der Waals surface area (Å²) in [5.41, 5.74) is 5.87. The van der Waals surface area contributed by atoms with Crippen molar-refractivity contribution in [2.45, 2.75) is 32.4 Å². The van der Waals surface area contributed by atoms with Crippen LogP contribution in [0.4, 0.5) is 5.69 Å². The molecule has 1 aliphatic heterocycles. The molecule has 0 unspecified atom stereocenters. The molecular weight excluding hydrogens is 352 g/mol. The molecule has 4 rings (SSSR count). The number of pyridine rings is 1. The van der Waals surface area contributed by atoms with E-state index in [4.69, 9.17) is 12.2 Å². The molecule has 0 bridgehead atoms. The fourth-order valence-corrected chi connectivity index (χ4v) is 4.10. The van der Waals surface area contributed by atoms with Gasteiger partial charge in [-0.25, -0.2) is 0 Å². The molecule has 0 spiro atoms. The summed E-state index contributed by atoms with van der Waals surface area (Å²) < 4.78 is 2.24. The standard InChI is InChI=1S/C22H24N4S/c1-4-16-9-11-17(12-10-16)26-21(19-13-8-15(2)25(19)3)20(24-22(26)27)18-7-5-6-14-23-18/h5-14,20-21H,4H2,1-3H3,(H,24,27)/t20-,21-/m0/s1. The van der Waals surface area contributed by atoms with Crippen molar-refractivity contribution >= 4 is 23.0 Å². The number of hydrogen-bond acceptors (Lipinski definition) is 2. The maximum atomic E-state index is 5.77. The van der Waals surface area contributed by atoms with Crippen LogP contribution >= 0.6 is 12.2 Å². The van der Waals surface area contributed by atoms with Crippen LogP contribution in [0.3, 0.4) is 0 Å². The Morgan fingerprint density at radius 2 is 1.85 bits per heavy atom. The number of thiocarbonyl (C=S) groups is 1. The Morgan fingerprint density at radius 3 is 2.44 bits per heavy atom. The van der Waals surface area contributed by atoms with Crippen LogP contribution in [-0.2, 0) is 13.5 Å². The van der Waals surface area contributed by atoms with Crippen molar-refractivity contribution in [1.29, 1.82) is 0 Å². The third kappa shape index (κ3) is 3.12. The molecule has 27 heavy (non-hydrogen) atoms. The predicted molar refractivity (Wildman–Crippen MR) is 114 cm³/mol. The summed E-state index contributed by atoms with van der Waals surface area (Å²) in [6.45, 7) is 4.30. The zero-order chi connectivity index (χ0) is 19.0. The molecule has 2 aromatic heterocycles. The van der Waals surface area contributed by atoms with Crippen molar-refractivity contribution < 1.29 is 0 Å². The zero-order valence-corrected chi connectivity index (χ0v) is 16.7. The van der Waals surface area contributed by atoms with E-state index in [1.165, 1.54) is 17.0 Å². The van der Waals surface area contributed by atoms with Crippen LogP contribution in [-0.4, -0.2) is 14.7 Å². The van der Waals surface area contributed by atoms with Crippen LogP contribution in [0.25, 0.3) is 0 Å². The number of aromatic nitrogens is 2. The number of nitrogens with one attached hydrogen (secondary N) is 1. The second-order valence-corrected chi connectivity index (χ2v) is 7.36. The Kier molecular flexibility index (Phi) is 4.70. The molecule has 1 aliphatic rings. The molecule has 1 N–H and O–H groups in total. The zero-order valence-electron chi connectivity index (χ0n) is 15.9. The topological polar surface area (TPSA) is 33.1 Å².